The molecule has 2 saturated carbocycles. The predicted molar refractivity (Wildman–Crippen MR) is 99.0 cm³/mol. The predicted octanol–water partition coefficient (Wildman–Crippen LogP) is 4.09. The van der Waals surface area contributed by atoms with Crippen LogP contribution in [0.4, 0.5) is 4.39 Å². The first-order valence-corrected chi connectivity index (χ1v) is 9.54. The number of nitrogens with zero attached hydrogens (tertiary/aromatic N) is 4. The average molecular weight is 348 g/mol. The van der Waals surface area contributed by atoms with Crippen molar-refractivity contribution in [3.63, 3.8) is 0 Å². The highest BCUT2D eigenvalue weighted by atomic mass is 19.1. The number of halogens is 1. The third-order valence-electron chi connectivity index (χ3n) is 6.26. The second-order valence-corrected chi connectivity index (χ2v) is 8.04. The summed E-state index contributed by atoms with van der Waals surface area (Å²) in [6.07, 6.45) is 10.6. The minimum atomic E-state index is -0.188. The average Bonchev–Trinajstić information content (AvgIpc) is 3.55. The van der Waals surface area contributed by atoms with Crippen LogP contribution in [0.2, 0.25) is 0 Å². The monoisotopic (exact) mass is 348 g/mol. The summed E-state index contributed by atoms with van der Waals surface area (Å²) in [7, 11) is 0. The van der Waals surface area contributed by atoms with E-state index in [0.29, 0.717) is 17.8 Å². The lowest BCUT2D eigenvalue weighted by Gasteiger charge is -2.20. The summed E-state index contributed by atoms with van der Waals surface area (Å²) in [5, 5.41) is 0. The molecule has 0 aromatic carbocycles. The highest BCUT2D eigenvalue weighted by Gasteiger charge is 2.47. The minimum Gasteiger partial charge on any atom is -0.347 e. The smallest absolute Gasteiger partial charge is 0.143 e. The largest absolute Gasteiger partial charge is 0.347 e. The van der Waals surface area contributed by atoms with Crippen LogP contribution in [-0.2, 0) is 0 Å². The molecule has 5 heteroatoms. The molecule has 0 N–H and O–H groups in total. The number of aryl methyl sites for hydroxylation is 1. The van der Waals surface area contributed by atoms with Gasteiger partial charge < -0.3 is 9.30 Å². The molecular weight excluding hydrogens is 327 g/mol. The van der Waals surface area contributed by atoms with E-state index in [4.69, 9.17) is 9.98 Å². The summed E-state index contributed by atoms with van der Waals surface area (Å²) < 4.78 is 15.7. The van der Waals surface area contributed by atoms with Crippen molar-refractivity contribution in [2.45, 2.75) is 44.2 Å². The van der Waals surface area contributed by atoms with Crippen molar-refractivity contribution < 1.29 is 4.39 Å². The standard InChI is InChI=1S/C21H21FN4/c1-12-20(24-21-15(13-4-5-13)3-2-7-26(12)21)17-10-16(17)18-11-25-8-6-14(22)9-19(25)23-18/h2-3,6-9,13,16-17,19H,4-5,10-11H2,1H3. The number of hydrogen-bond donors (Lipinski definition) is 0. The Morgan fingerprint density at radius 2 is 2.12 bits per heavy atom. The number of imidazole rings is 1. The number of rotatable bonds is 3. The van der Waals surface area contributed by atoms with E-state index < -0.39 is 0 Å². The van der Waals surface area contributed by atoms with E-state index in [9.17, 15) is 4.39 Å². The second kappa shape index (κ2) is 5.06. The van der Waals surface area contributed by atoms with Crippen LogP contribution in [-0.4, -0.2) is 32.7 Å². The zero-order valence-corrected chi connectivity index (χ0v) is 14.8. The second-order valence-electron chi connectivity index (χ2n) is 8.04. The molecule has 0 amide bonds. The lowest BCUT2D eigenvalue weighted by molar-refractivity contribution is 0.382. The number of pyridine rings is 1. The molecule has 2 aliphatic heterocycles. The van der Waals surface area contributed by atoms with Crippen LogP contribution >= 0.6 is 0 Å². The van der Waals surface area contributed by atoms with Gasteiger partial charge in [-0.2, -0.15) is 0 Å². The zero-order chi connectivity index (χ0) is 17.4. The fourth-order valence-corrected chi connectivity index (χ4v) is 4.57. The summed E-state index contributed by atoms with van der Waals surface area (Å²) >= 11 is 0. The fourth-order valence-electron chi connectivity index (χ4n) is 4.57. The quantitative estimate of drug-likeness (QED) is 0.837. The van der Waals surface area contributed by atoms with Gasteiger partial charge in [-0.25, -0.2) is 9.37 Å². The van der Waals surface area contributed by atoms with Crippen LogP contribution in [0.1, 0.15) is 48.0 Å². The van der Waals surface area contributed by atoms with Crippen molar-refractivity contribution in [2.75, 3.05) is 6.54 Å². The lowest BCUT2D eigenvalue weighted by Crippen LogP contribution is -2.26. The van der Waals surface area contributed by atoms with E-state index in [0.717, 1.165) is 18.6 Å². The van der Waals surface area contributed by atoms with Gasteiger partial charge in [-0.3, -0.25) is 4.99 Å². The molecule has 0 spiro atoms. The summed E-state index contributed by atoms with van der Waals surface area (Å²) in [5.74, 6) is 1.43. The molecule has 2 aromatic heterocycles. The molecule has 2 aromatic rings. The Labute approximate surface area is 151 Å². The van der Waals surface area contributed by atoms with Gasteiger partial charge in [0.1, 0.15) is 17.6 Å². The van der Waals surface area contributed by atoms with E-state index in [1.165, 1.54) is 41.6 Å². The summed E-state index contributed by atoms with van der Waals surface area (Å²) in [4.78, 5) is 12.0. The van der Waals surface area contributed by atoms with Crippen LogP contribution in [0, 0.1) is 12.8 Å². The van der Waals surface area contributed by atoms with Crippen molar-refractivity contribution in [3.8, 4) is 0 Å². The third-order valence-corrected chi connectivity index (χ3v) is 6.26. The van der Waals surface area contributed by atoms with Crippen molar-refractivity contribution in [1.82, 2.24) is 14.3 Å². The molecule has 4 aliphatic rings. The van der Waals surface area contributed by atoms with Gasteiger partial charge >= 0.3 is 0 Å². The first-order chi connectivity index (χ1) is 12.7. The molecule has 6 rings (SSSR count). The van der Waals surface area contributed by atoms with Crippen LogP contribution < -0.4 is 0 Å². The van der Waals surface area contributed by atoms with E-state index in [1.807, 2.05) is 6.20 Å². The topological polar surface area (TPSA) is 32.9 Å². The summed E-state index contributed by atoms with van der Waals surface area (Å²) in [6.45, 7) is 2.99. The van der Waals surface area contributed by atoms with Gasteiger partial charge in [0.2, 0.25) is 0 Å². The van der Waals surface area contributed by atoms with Crippen LogP contribution in [0.5, 0.6) is 0 Å². The Balaban J connectivity index is 1.31. The van der Waals surface area contributed by atoms with Gasteiger partial charge in [0, 0.05) is 35.6 Å². The number of fused-ring (bicyclic) bond motifs is 2. The van der Waals surface area contributed by atoms with Crippen LogP contribution in [0.25, 0.3) is 5.65 Å². The van der Waals surface area contributed by atoms with Gasteiger partial charge in [0.15, 0.2) is 0 Å². The Kier molecular flexibility index (Phi) is 2.86. The van der Waals surface area contributed by atoms with Crippen LogP contribution in [0.15, 0.2) is 47.5 Å². The number of allylic oxidation sites excluding steroid dienone is 2. The molecular formula is C21H21FN4. The SMILES string of the molecule is Cc1c(C2CC2C2=NC3C=C(F)C=CN3C2)nc2c(C3CC3)cccn12. The molecule has 2 aliphatic carbocycles. The van der Waals surface area contributed by atoms with E-state index in [-0.39, 0.29) is 12.0 Å². The Morgan fingerprint density at radius 1 is 1.23 bits per heavy atom. The molecule has 132 valence electrons. The van der Waals surface area contributed by atoms with Crippen molar-refractivity contribution in [2.24, 2.45) is 10.9 Å². The molecule has 2 fully saturated rings. The molecule has 0 radical (unpaired) electrons. The zero-order valence-electron chi connectivity index (χ0n) is 14.8. The van der Waals surface area contributed by atoms with Crippen molar-refractivity contribution >= 4 is 11.4 Å². The summed E-state index contributed by atoms with van der Waals surface area (Å²) in [6, 6.07) is 4.38. The minimum absolute atomic E-state index is 0.153. The molecule has 3 atom stereocenters. The van der Waals surface area contributed by atoms with Gasteiger partial charge in [0.05, 0.1) is 12.2 Å². The lowest BCUT2D eigenvalue weighted by atomic mass is 10.1. The van der Waals surface area contributed by atoms with E-state index in [2.05, 4.69) is 34.6 Å². The number of hydrogen-bond acceptors (Lipinski definition) is 3. The first-order valence-electron chi connectivity index (χ1n) is 9.54. The molecule has 4 nitrogen and oxygen atoms in total. The van der Waals surface area contributed by atoms with E-state index in [1.54, 1.807) is 6.08 Å². The first kappa shape index (κ1) is 14.7. The highest BCUT2D eigenvalue weighted by Crippen LogP contribution is 2.51. The summed E-state index contributed by atoms with van der Waals surface area (Å²) in [5.41, 5.74) is 6.24. The Bertz CT molecular complexity index is 1010. The third kappa shape index (κ3) is 2.12. The number of aliphatic imine (C=N–C) groups is 1. The van der Waals surface area contributed by atoms with Gasteiger partial charge in [-0.15, -0.1) is 0 Å². The molecule has 0 saturated heterocycles. The fraction of sp³-hybridized carbons (Fsp3) is 0.429. The van der Waals surface area contributed by atoms with Gasteiger partial charge in [0.25, 0.3) is 0 Å². The van der Waals surface area contributed by atoms with Crippen molar-refractivity contribution in [3.05, 3.63) is 59.5 Å². The Morgan fingerprint density at radius 3 is 2.96 bits per heavy atom. The van der Waals surface area contributed by atoms with Crippen molar-refractivity contribution in [1.29, 1.82) is 0 Å². The Hall–Kier alpha value is -2.43. The maximum absolute atomic E-state index is 13.5. The van der Waals surface area contributed by atoms with Gasteiger partial charge in [-0.1, -0.05) is 6.07 Å². The van der Waals surface area contributed by atoms with Gasteiger partial charge in [-0.05, 0) is 55.9 Å². The molecule has 3 unspecified atom stereocenters. The maximum Gasteiger partial charge on any atom is 0.143 e. The maximum atomic E-state index is 13.5. The van der Waals surface area contributed by atoms with E-state index >= 15 is 0 Å². The van der Waals surface area contributed by atoms with Crippen LogP contribution in [0.3, 0.4) is 0 Å². The molecule has 0 bridgehead atoms. The molecule has 4 heterocycles. The normalized spacial score (nSPS) is 29.8. The number of aromatic nitrogens is 2. The highest BCUT2D eigenvalue weighted by molar-refractivity contribution is 5.93. The molecule has 26 heavy (non-hydrogen) atoms.